The molecule has 0 N–H and O–H groups in total. The summed E-state index contributed by atoms with van der Waals surface area (Å²) in [6.07, 6.45) is 18.1. The van der Waals surface area contributed by atoms with Crippen molar-refractivity contribution in [2.24, 2.45) is 5.92 Å². The summed E-state index contributed by atoms with van der Waals surface area (Å²) in [4.78, 5) is 0. The van der Waals surface area contributed by atoms with Crippen molar-refractivity contribution >= 4 is 10.4 Å². The quantitative estimate of drug-likeness (QED) is 0.0714. The molecular formula is C25H51NaO7S. The fourth-order valence-corrected chi connectivity index (χ4v) is 4.01. The van der Waals surface area contributed by atoms with Crippen LogP contribution in [0.3, 0.4) is 0 Å². The van der Waals surface area contributed by atoms with Gasteiger partial charge in [-0.2, -0.15) is 0 Å². The molecule has 0 rings (SSSR count). The van der Waals surface area contributed by atoms with Gasteiger partial charge in [-0.25, -0.2) is 8.42 Å². The molecule has 0 spiro atoms. The summed E-state index contributed by atoms with van der Waals surface area (Å²) in [6.45, 7) is 8.24. The number of unbranched alkanes of at least 4 members (excludes halogenated alkanes) is 8. The summed E-state index contributed by atoms with van der Waals surface area (Å²) in [5.74, 6) is 0.699. The molecule has 0 bridgehead atoms. The van der Waals surface area contributed by atoms with E-state index < -0.39 is 10.4 Å². The first-order valence-electron chi connectivity index (χ1n) is 13.3. The molecule has 0 aromatic heterocycles. The smallest absolute Gasteiger partial charge is 0.726 e. The Balaban J connectivity index is 0. The SMILES string of the molecule is CCCCCCCCC(CCCCCC)COCCCOCCCOCCCOS(=O)(=O)[O-].[Na+]. The Labute approximate surface area is 232 Å². The predicted octanol–water partition coefficient (Wildman–Crippen LogP) is 3.02. The first-order chi connectivity index (χ1) is 16.0. The largest absolute Gasteiger partial charge is 1.00 e. The van der Waals surface area contributed by atoms with Gasteiger partial charge in [0.25, 0.3) is 0 Å². The molecule has 0 fully saturated rings. The standard InChI is InChI=1S/C25H52O7S.Na/c1-3-5-7-9-10-12-17-25(16-11-8-6-4-2)24-31-22-14-20-29-18-13-19-30-21-15-23-32-33(26,27)28;/h25H,3-24H2,1-2H3,(H,26,27,28);/q;+1/p-1. The summed E-state index contributed by atoms with van der Waals surface area (Å²) in [6, 6.07) is 0. The number of hydrogen-bond donors (Lipinski definition) is 0. The van der Waals surface area contributed by atoms with Crippen LogP contribution in [-0.4, -0.2) is 59.2 Å². The van der Waals surface area contributed by atoms with Gasteiger partial charge in [0.2, 0.25) is 10.4 Å². The molecule has 1 atom stereocenters. The molecule has 0 heterocycles. The van der Waals surface area contributed by atoms with E-state index in [4.69, 9.17) is 14.2 Å². The maximum Gasteiger partial charge on any atom is 1.00 e. The van der Waals surface area contributed by atoms with Crippen molar-refractivity contribution in [1.29, 1.82) is 0 Å². The third-order valence-corrected chi connectivity index (χ3v) is 6.06. The number of ether oxygens (including phenoxy) is 3. The molecule has 0 aliphatic carbocycles. The second-order valence-corrected chi connectivity index (χ2v) is 9.91. The van der Waals surface area contributed by atoms with E-state index in [0.717, 1.165) is 26.1 Å². The van der Waals surface area contributed by atoms with Crippen molar-refractivity contribution in [3.05, 3.63) is 0 Å². The summed E-state index contributed by atoms with van der Waals surface area (Å²) >= 11 is 0. The fourth-order valence-electron chi connectivity index (χ4n) is 3.69. The normalized spacial score (nSPS) is 12.6. The topological polar surface area (TPSA) is 94.1 Å². The second kappa shape index (κ2) is 28.3. The van der Waals surface area contributed by atoms with Crippen molar-refractivity contribution < 1.29 is 60.9 Å². The van der Waals surface area contributed by atoms with Gasteiger partial charge in [0.15, 0.2) is 0 Å². The van der Waals surface area contributed by atoms with E-state index in [1.54, 1.807) is 0 Å². The van der Waals surface area contributed by atoms with Crippen LogP contribution in [0.2, 0.25) is 0 Å². The van der Waals surface area contributed by atoms with E-state index in [2.05, 4.69) is 18.0 Å². The molecule has 0 aliphatic heterocycles. The monoisotopic (exact) mass is 518 g/mol. The van der Waals surface area contributed by atoms with Gasteiger partial charge in [-0.05, 0) is 38.0 Å². The van der Waals surface area contributed by atoms with Gasteiger partial charge in [0.1, 0.15) is 0 Å². The van der Waals surface area contributed by atoms with Crippen molar-refractivity contribution in [2.75, 3.05) is 46.2 Å². The maximum atomic E-state index is 10.3. The second-order valence-electron chi connectivity index (χ2n) is 8.86. The van der Waals surface area contributed by atoms with Gasteiger partial charge < -0.3 is 18.8 Å². The summed E-state index contributed by atoms with van der Waals surface area (Å²) < 4.78 is 51.8. The molecule has 0 amide bonds. The first kappa shape index (κ1) is 36.9. The molecule has 0 aromatic rings. The molecule has 1 unspecified atom stereocenters. The third-order valence-electron chi connectivity index (χ3n) is 5.60. The van der Waals surface area contributed by atoms with Gasteiger partial charge in [-0.3, -0.25) is 4.18 Å². The molecule has 0 aromatic carbocycles. The molecule has 0 saturated carbocycles. The Hall–Kier alpha value is 0.750. The van der Waals surface area contributed by atoms with E-state index in [-0.39, 0.29) is 36.2 Å². The average molecular weight is 519 g/mol. The van der Waals surface area contributed by atoms with Crippen molar-refractivity contribution in [3.63, 3.8) is 0 Å². The molecule has 0 saturated heterocycles. The van der Waals surface area contributed by atoms with Gasteiger partial charge >= 0.3 is 29.6 Å². The molecule has 34 heavy (non-hydrogen) atoms. The van der Waals surface area contributed by atoms with Crippen LogP contribution < -0.4 is 29.6 Å². The molecule has 9 heteroatoms. The van der Waals surface area contributed by atoms with Crippen molar-refractivity contribution in [3.8, 4) is 0 Å². The van der Waals surface area contributed by atoms with Gasteiger partial charge in [0, 0.05) is 39.6 Å². The van der Waals surface area contributed by atoms with E-state index in [0.29, 0.717) is 38.8 Å². The van der Waals surface area contributed by atoms with Gasteiger partial charge in [-0.15, -0.1) is 0 Å². The number of rotatable bonds is 27. The zero-order chi connectivity index (χ0) is 24.5. The summed E-state index contributed by atoms with van der Waals surface area (Å²) in [7, 11) is -4.59. The third kappa shape index (κ3) is 30.8. The van der Waals surface area contributed by atoms with Crippen LogP contribution in [0.1, 0.15) is 110 Å². The molecule has 0 radical (unpaired) electrons. The van der Waals surface area contributed by atoms with E-state index in [9.17, 15) is 13.0 Å². The van der Waals surface area contributed by atoms with E-state index >= 15 is 0 Å². The Morgan fingerprint density at radius 1 is 0.588 bits per heavy atom. The van der Waals surface area contributed by atoms with Crippen LogP contribution in [0, 0.1) is 5.92 Å². The predicted molar refractivity (Wildman–Crippen MR) is 132 cm³/mol. The van der Waals surface area contributed by atoms with Crippen molar-refractivity contribution in [1.82, 2.24) is 0 Å². The van der Waals surface area contributed by atoms with E-state index in [1.807, 2.05) is 0 Å². The fraction of sp³-hybridized carbons (Fsp3) is 1.00. The maximum absolute atomic E-state index is 10.3. The minimum Gasteiger partial charge on any atom is -0.726 e. The zero-order valence-electron chi connectivity index (χ0n) is 22.4. The Kier molecular flexibility index (Phi) is 30.7. The van der Waals surface area contributed by atoms with Gasteiger partial charge in [0.05, 0.1) is 6.61 Å². The summed E-state index contributed by atoms with van der Waals surface area (Å²) in [5.41, 5.74) is 0. The average Bonchev–Trinajstić information content (AvgIpc) is 2.77. The Bertz CT molecular complexity index is 492. The van der Waals surface area contributed by atoms with E-state index in [1.165, 1.54) is 77.0 Å². The number of hydrogen-bond acceptors (Lipinski definition) is 7. The van der Waals surface area contributed by atoms with Crippen molar-refractivity contribution in [2.45, 2.75) is 110 Å². The Morgan fingerprint density at radius 3 is 1.50 bits per heavy atom. The molecular weight excluding hydrogens is 467 g/mol. The Morgan fingerprint density at radius 2 is 1.00 bits per heavy atom. The van der Waals surface area contributed by atoms with Crippen LogP contribution in [-0.2, 0) is 28.8 Å². The zero-order valence-corrected chi connectivity index (χ0v) is 25.2. The first-order valence-corrected chi connectivity index (χ1v) is 14.7. The minimum atomic E-state index is -4.59. The van der Waals surface area contributed by atoms with Gasteiger partial charge in [-0.1, -0.05) is 78.1 Å². The molecule has 0 aliphatic rings. The van der Waals surface area contributed by atoms with Crippen LogP contribution in [0.4, 0.5) is 0 Å². The van der Waals surface area contributed by atoms with Crippen LogP contribution >= 0.6 is 0 Å². The van der Waals surface area contributed by atoms with Crippen LogP contribution in [0.5, 0.6) is 0 Å². The molecule has 7 nitrogen and oxygen atoms in total. The summed E-state index contributed by atoms with van der Waals surface area (Å²) in [5, 5.41) is 0. The molecule has 200 valence electrons. The van der Waals surface area contributed by atoms with Crippen LogP contribution in [0.25, 0.3) is 0 Å². The minimum absolute atomic E-state index is 0. The van der Waals surface area contributed by atoms with Crippen LogP contribution in [0.15, 0.2) is 0 Å².